The Bertz CT molecular complexity index is 425. The first-order chi connectivity index (χ1) is 8.81. The summed E-state index contributed by atoms with van der Waals surface area (Å²) in [5, 5.41) is 0. The van der Waals surface area contributed by atoms with Crippen LogP contribution in [0.4, 0.5) is 0 Å². The van der Waals surface area contributed by atoms with Gasteiger partial charge in [0.15, 0.2) is 0 Å². The van der Waals surface area contributed by atoms with Crippen LogP contribution in [0.2, 0.25) is 0 Å². The van der Waals surface area contributed by atoms with Crippen molar-refractivity contribution in [2.24, 2.45) is 0 Å². The molecule has 0 atom stereocenters. The Hall–Kier alpha value is -1.58. The predicted octanol–water partition coefficient (Wildman–Crippen LogP) is 1.38. The molecule has 18 heavy (non-hydrogen) atoms. The van der Waals surface area contributed by atoms with E-state index in [0.717, 1.165) is 26.2 Å². The molecule has 2 rings (SSSR count). The molecule has 2 aromatic rings. The summed E-state index contributed by atoms with van der Waals surface area (Å²) in [6.07, 6.45) is 15.4. The Morgan fingerprint density at radius 2 is 1.22 bits per heavy atom. The molecule has 98 valence electrons. The molecule has 0 saturated carbocycles. The molecule has 4 nitrogen and oxygen atoms in total. The fraction of sp³-hybridized carbons (Fsp3) is 0.571. The minimum atomic E-state index is 1.05. The maximum atomic E-state index is 2.27. The second-order valence-corrected chi connectivity index (χ2v) is 4.67. The van der Waals surface area contributed by atoms with E-state index in [4.69, 9.17) is 0 Å². The van der Waals surface area contributed by atoms with E-state index >= 15 is 0 Å². The largest absolute Gasteiger partial charge is 0.243 e. The molecule has 0 saturated heterocycles. The van der Waals surface area contributed by atoms with Gasteiger partial charge in [-0.25, -0.2) is 18.3 Å². The fourth-order valence-corrected chi connectivity index (χ4v) is 2.10. The van der Waals surface area contributed by atoms with Gasteiger partial charge in [0.1, 0.15) is 24.8 Å². The molecule has 0 N–H and O–H groups in total. The van der Waals surface area contributed by atoms with Crippen LogP contribution in [0, 0.1) is 0 Å². The minimum Gasteiger partial charge on any atom is -0.237 e. The smallest absolute Gasteiger partial charge is 0.237 e. The van der Waals surface area contributed by atoms with Crippen LogP contribution in [0.5, 0.6) is 0 Å². The number of hydrogen-bond acceptors (Lipinski definition) is 0. The van der Waals surface area contributed by atoms with Gasteiger partial charge in [-0.3, -0.25) is 0 Å². The van der Waals surface area contributed by atoms with Gasteiger partial charge in [0.25, 0.3) is 0 Å². The average molecular weight is 248 g/mol. The molecule has 0 aromatic carbocycles. The zero-order chi connectivity index (χ0) is 12.8. The van der Waals surface area contributed by atoms with Crippen LogP contribution in [-0.4, -0.2) is 9.13 Å². The van der Waals surface area contributed by atoms with Crippen LogP contribution in [0.25, 0.3) is 0 Å². The van der Waals surface area contributed by atoms with Crippen molar-refractivity contribution in [2.45, 2.75) is 52.9 Å². The normalized spacial score (nSPS) is 11.0. The molecule has 0 spiro atoms. The molecule has 2 aromatic heterocycles. The lowest BCUT2D eigenvalue weighted by Gasteiger charge is -1.96. The number of aromatic nitrogens is 4. The molecule has 0 amide bonds. The van der Waals surface area contributed by atoms with Gasteiger partial charge in [-0.15, -0.1) is 0 Å². The number of rotatable bonds is 7. The molecule has 0 aliphatic carbocycles. The maximum absolute atomic E-state index is 2.27. The monoisotopic (exact) mass is 248 g/mol. The molecule has 2 heterocycles. The molecule has 0 unspecified atom stereocenters. The van der Waals surface area contributed by atoms with Crippen molar-refractivity contribution in [3.05, 3.63) is 37.4 Å². The van der Waals surface area contributed by atoms with Crippen molar-refractivity contribution in [2.75, 3.05) is 0 Å². The highest BCUT2D eigenvalue weighted by Crippen LogP contribution is 1.92. The first-order valence-corrected chi connectivity index (χ1v) is 6.91. The van der Waals surface area contributed by atoms with Gasteiger partial charge in [-0.2, -0.15) is 0 Å². The van der Waals surface area contributed by atoms with Crippen LogP contribution in [0.15, 0.2) is 37.4 Å². The molecular formula is C14H24N4+2. The quantitative estimate of drug-likeness (QED) is 0.520. The first-order valence-electron chi connectivity index (χ1n) is 6.91. The van der Waals surface area contributed by atoms with E-state index in [9.17, 15) is 0 Å². The summed E-state index contributed by atoms with van der Waals surface area (Å²) in [5.41, 5.74) is 0. The van der Waals surface area contributed by atoms with Gasteiger partial charge < -0.3 is 0 Å². The van der Waals surface area contributed by atoms with E-state index in [1.54, 1.807) is 0 Å². The molecule has 0 bridgehead atoms. The number of unbranched alkanes of at least 4 members (excludes halogenated alkanes) is 1. The fourth-order valence-electron chi connectivity index (χ4n) is 2.10. The molecule has 0 fully saturated rings. The first kappa shape index (κ1) is 12.9. The van der Waals surface area contributed by atoms with Gasteiger partial charge in [-0.1, -0.05) is 0 Å². The zero-order valence-corrected chi connectivity index (χ0v) is 11.5. The summed E-state index contributed by atoms with van der Waals surface area (Å²) in [5.74, 6) is 0. The van der Waals surface area contributed by atoms with E-state index in [2.05, 4.69) is 69.6 Å². The van der Waals surface area contributed by atoms with Crippen molar-refractivity contribution in [1.29, 1.82) is 0 Å². The summed E-state index contributed by atoms with van der Waals surface area (Å²) in [4.78, 5) is 0. The summed E-state index contributed by atoms with van der Waals surface area (Å²) >= 11 is 0. The third-order valence-electron chi connectivity index (χ3n) is 3.31. The number of aryl methyl sites for hydroxylation is 4. The minimum absolute atomic E-state index is 1.05. The summed E-state index contributed by atoms with van der Waals surface area (Å²) in [6.45, 7) is 8.66. The molecule has 0 radical (unpaired) electrons. The number of nitrogens with zero attached hydrogens (tertiary/aromatic N) is 4. The Labute approximate surface area is 109 Å². The van der Waals surface area contributed by atoms with Crippen LogP contribution < -0.4 is 9.13 Å². The Morgan fingerprint density at radius 1 is 0.778 bits per heavy atom. The van der Waals surface area contributed by atoms with Crippen molar-refractivity contribution >= 4 is 0 Å². The van der Waals surface area contributed by atoms with Crippen LogP contribution >= 0.6 is 0 Å². The van der Waals surface area contributed by atoms with Crippen LogP contribution in [0.1, 0.15) is 26.7 Å². The van der Waals surface area contributed by atoms with Gasteiger partial charge in [0, 0.05) is 0 Å². The van der Waals surface area contributed by atoms with Gasteiger partial charge >= 0.3 is 0 Å². The lowest BCUT2D eigenvalue weighted by atomic mass is 10.3. The average Bonchev–Trinajstić information content (AvgIpc) is 3.03. The van der Waals surface area contributed by atoms with E-state index in [1.807, 2.05) is 0 Å². The van der Waals surface area contributed by atoms with Crippen LogP contribution in [-0.2, 0) is 26.2 Å². The third kappa shape index (κ3) is 3.45. The zero-order valence-electron chi connectivity index (χ0n) is 11.5. The highest BCUT2D eigenvalue weighted by molar-refractivity contribution is 4.65. The Morgan fingerprint density at radius 3 is 1.56 bits per heavy atom. The topological polar surface area (TPSA) is 17.6 Å². The van der Waals surface area contributed by atoms with Gasteiger partial charge in [0.05, 0.1) is 26.2 Å². The second kappa shape index (κ2) is 6.38. The summed E-state index contributed by atoms with van der Waals surface area (Å²) < 4.78 is 8.95. The SMILES string of the molecule is CCn1cc[n+](CCCC[n+]2ccn(CC)c2)c1. The lowest BCUT2D eigenvalue weighted by molar-refractivity contribution is -0.707. The second-order valence-electron chi connectivity index (χ2n) is 4.67. The van der Waals surface area contributed by atoms with Crippen LogP contribution in [0.3, 0.4) is 0 Å². The van der Waals surface area contributed by atoms with E-state index in [0.29, 0.717) is 0 Å². The number of hydrogen-bond donors (Lipinski definition) is 0. The van der Waals surface area contributed by atoms with E-state index < -0.39 is 0 Å². The number of imidazole rings is 2. The molecule has 0 aliphatic rings. The van der Waals surface area contributed by atoms with Crippen molar-refractivity contribution in [3.8, 4) is 0 Å². The molecular weight excluding hydrogens is 224 g/mol. The van der Waals surface area contributed by atoms with Crippen molar-refractivity contribution in [3.63, 3.8) is 0 Å². The van der Waals surface area contributed by atoms with Gasteiger partial charge in [-0.05, 0) is 26.7 Å². The Balaban J connectivity index is 1.69. The van der Waals surface area contributed by atoms with Gasteiger partial charge in [0.2, 0.25) is 12.7 Å². The maximum Gasteiger partial charge on any atom is 0.243 e. The van der Waals surface area contributed by atoms with E-state index in [1.165, 1.54) is 12.8 Å². The van der Waals surface area contributed by atoms with E-state index in [-0.39, 0.29) is 0 Å². The highest BCUT2D eigenvalue weighted by Gasteiger charge is 2.04. The third-order valence-corrected chi connectivity index (χ3v) is 3.31. The predicted molar refractivity (Wildman–Crippen MR) is 69.8 cm³/mol. The van der Waals surface area contributed by atoms with Crippen molar-refractivity contribution in [1.82, 2.24) is 9.13 Å². The molecule has 4 heteroatoms. The summed E-state index contributed by atoms with van der Waals surface area (Å²) in [6, 6.07) is 0. The Kier molecular flexibility index (Phi) is 4.56. The standard InChI is InChI=1S/C14H24N4/c1-3-15-9-11-17(13-15)7-5-6-8-18-12-10-16(4-2)14-18/h9-14H,3-8H2,1-2H3/q+2. The summed E-state index contributed by atoms with van der Waals surface area (Å²) in [7, 11) is 0. The highest BCUT2D eigenvalue weighted by atomic mass is 15.1. The molecule has 0 aliphatic heterocycles. The lowest BCUT2D eigenvalue weighted by Crippen LogP contribution is -2.34. The van der Waals surface area contributed by atoms with Crippen molar-refractivity contribution < 1.29 is 9.13 Å².